The molecule has 1 saturated carbocycles. The van der Waals surface area contributed by atoms with Crippen LogP contribution in [0.5, 0.6) is 0 Å². The van der Waals surface area contributed by atoms with Crippen molar-refractivity contribution in [1.82, 2.24) is 25.5 Å². The maximum absolute atomic E-state index is 12.6. The number of hydrogen-bond acceptors (Lipinski definition) is 9. The normalized spacial score (nSPS) is 15.8. The molecule has 0 radical (unpaired) electrons. The Bertz CT molecular complexity index is 1470. The predicted octanol–water partition coefficient (Wildman–Crippen LogP) is 2.18. The Balaban J connectivity index is 1.68. The summed E-state index contributed by atoms with van der Waals surface area (Å²) < 4.78 is 46.3. The lowest BCUT2D eigenvalue weighted by atomic mass is 9.99. The van der Waals surface area contributed by atoms with Gasteiger partial charge in [-0.2, -0.15) is 0 Å². The smallest absolute Gasteiger partial charge is 0.273 e. The molecule has 0 atom stereocenters. The molecule has 4 rings (SSSR count). The topological polar surface area (TPSA) is 139 Å². The van der Waals surface area contributed by atoms with Crippen LogP contribution in [-0.2, 0) is 15.3 Å². The van der Waals surface area contributed by atoms with Crippen molar-refractivity contribution < 1.29 is 17.3 Å². The Labute approximate surface area is 195 Å². The summed E-state index contributed by atoms with van der Waals surface area (Å²) in [6.45, 7) is -2.78. The summed E-state index contributed by atoms with van der Waals surface area (Å²) in [5.74, 6) is 2.25. The maximum atomic E-state index is 12.6. The van der Waals surface area contributed by atoms with Gasteiger partial charge in [-0.25, -0.2) is 18.4 Å². The van der Waals surface area contributed by atoms with Gasteiger partial charge in [-0.3, -0.25) is 4.79 Å². The molecule has 1 fully saturated rings. The number of sulfone groups is 1. The van der Waals surface area contributed by atoms with Gasteiger partial charge in [-0.15, -0.1) is 16.6 Å². The first-order valence-electron chi connectivity index (χ1n) is 11.2. The van der Waals surface area contributed by atoms with Crippen molar-refractivity contribution in [2.24, 2.45) is 0 Å². The Hall–Kier alpha value is -4.04. The van der Waals surface area contributed by atoms with E-state index in [1.165, 1.54) is 24.4 Å². The summed E-state index contributed by atoms with van der Waals surface area (Å²) in [4.78, 5) is 20.9. The third kappa shape index (κ3) is 4.61. The predicted molar refractivity (Wildman–Crippen MR) is 123 cm³/mol. The maximum Gasteiger partial charge on any atom is 0.273 e. The van der Waals surface area contributed by atoms with E-state index in [-0.39, 0.29) is 33.3 Å². The van der Waals surface area contributed by atoms with Crippen LogP contribution in [0, 0.1) is 12.3 Å². The minimum absolute atomic E-state index is 0.0289. The van der Waals surface area contributed by atoms with Crippen LogP contribution in [0.15, 0.2) is 47.6 Å². The number of nitrogens with zero attached hydrogens (tertiary/aromatic N) is 4. The van der Waals surface area contributed by atoms with Crippen LogP contribution in [0.2, 0.25) is 0 Å². The molecule has 1 amide bonds. The van der Waals surface area contributed by atoms with E-state index in [0.29, 0.717) is 5.82 Å². The highest BCUT2D eigenvalue weighted by Crippen LogP contribution is 2.47. The fourth-order valence-electron chi connectivity index (χ4n) is 3.21. The number of aromatic nitrogens is 4. The summed E-state index contributed by atoms with van der Waals surface area (Å²) in [6.07, 6.45) is 11.5. The number of nitrogens with one attached hydrogen (secondary N) is 3. The van der Waals surface area contributed by atoms with Gasteiger partial charge in [0.25, 0.3) is 5.91 Å². The van der Waals surface area contributed by atoms with E-state index in [4.69, 9.17) is 10.5 Å². The molecule has 0 unspecified atom stereocenters. The van der Waals surface area contributed by atoms with Crippen LogP contribution < -0.4 is 16.0 Å². The van der Waals surface area contributed by atoms with Gasteiger partial charge >= 0.3 is 0 Å². The van der Waals surface area contributed by atoms with Crippen molar-refractivity contribution >= 4 is 38.9 Å². The summed E-state index contributed by atoms with van der Waals surface area (Å²) in [5.41, 5.74) is 0.262. The SMILES string of the molecule is [2H]C([2H])([2H])NC(=O)c1nnc(Nc2ccc(C3(C#C)CC3)cn2)cc1Nc1ncccc1S(C)(=O)=O. The fourth-order valence-corrected chi connectivity index (χ4v) is 3.99. The largest absolute Gasteiger partial charge is 0.354 e. The number of rotatable bonds is 7. The molecule has 3 N–H and O–H groups in total. The highest BCUT2D eigenvalue weighted by atomic mass is 32.2. The van der Waals surface area contributed by atoms with Gasteiger partial charge in [-0.1, -0.05) is 12.0 Å². The van der Waals surface area contributed by atoms with E-state index in [2.05, 4.69) is 36.7 Å². The quantitative estimate of drug-likeness (QED) is 0.447. The van der Waals surface area contributed by atoms with Crippen LogP contribution in [0.3, 0.4) is 0 Å². The molecule has 3 aromatic rings. The van der Waals surface area contributed by atoms with Crippen molar-refractivity contribution in [3.8, 4) is 12.3 Å². The number of hydrogen-bond donors (Lipinski definition) is 3. The molecular formula is C22H21N7O3S. The molecule has 168 valence electrons. The zero-order valence-electron chi connectivity index (χ0n) is 20.5. The van der Waals surface area contributed by atoms with Gasteiger partial charge in [0, 0.05) is 35.8 Å². The first kappa shape index (κ1) is 18.5. The van der Waals surface area contributed by atoms with Gasteiger partial charge in [0.2, 0.25) is 0 Å². The summed E-state index contributed by atoms with van der Waals surface area (Å²) >= 11 is 0. The zero-order chi connectivity index (χ0) is 26.1. The second-order valence-electron chi connectivity index (χ2n) is 7.48. The van der Waals surface area contributed by atoms with E-state index >= 15 is 0 Å². The second kappa shape index (κ2) is 8.48. The molecule has 33 heavy (non-hydrogen) atoms. The molecule has 1 aliphatic rings. The molecule has 0 bridgehead atoms. The van der Waals surface area contributed by atoms with E-state index in [1.54, 1.807) is 12.3 Å². The van der Waals surface area contributed by atoms with Gasteiger partial charge in [0.1, 0.15) is 16.5 Å². The van der Waals surface area contributed by atoms with Crippen molar-refractivity contribution in [1.29, 1.82) is 0 Å². The van der Waals surface area contributed by atoms with E-state index < -0.39 is 22.7 Å². The average Bonchev–Trinajstić information content (AvgIpc) is 3.60. The highest BCUT2D eigenvalue weighted by molar-refractivity contribution is 7.90. The van der Waals surface area contributed by atoms with Gasteiger partial charge < -0.3 is 16.0 Å². The number of carbonyl (C=O) groups is 1. The van der Waals surface area contributed by atoms with E-state index in [0.717, 1.165) is 24.7 Å². The Morgan fingerprint density at radius 2 is 2.00 bits per heavy atom. The first-order chi connectivity index (χ1) is 16.9. The van der Waals surface area contributed by atoms with E-state index in [9.17, 15) is 13.2 Å². The first-order valence-corrected chi connectivity index (χ1v) is 11.6. The van der Waals surface area contributed by atoms with Gasteiger partial charge in [0.15, 0.2) is 21.3 Å². The van der Waals surface area contributed by atoms with Crippen LogP contribution in [-0.4, -0.2) is 47.7 Å². The van der Waals surface area contributed by atoms with Crippen LogP contribution in [0.25, 0.3) is 0 Å². The molecule has 3 aromatic heterocycles. The van der Waals surface area contributed by atoms with Gasteiger partial charge in [-0.05, 0) is 36.6 Å². The monoisotopic (exact) mass is 466 g/mol. The molecule has 0 saturated heterocycles. The zero-order valence-corrected chi connectivity index (χ0v) is 18.3. The number of pyridine rings is 2. The number of anilines is 4. The van der Waals surface area contributed by atoms with Crippen LogP contribution in [0.4, 0.5) is 23.1 Å². The van der Waals surface area contributed by atoms with Crippen LogP contribution in [0.1, 0.15) is 33.0 Å². The lowest BCUT2D eigenvalue weighted by Gasteiger charge is -2.14. The molecule has 0 aliphatic heterocycles. The Kier molecular flexibility index (Phi) is 4.76. The third-order valence-electron chi connectivity index (χ3n) is 5.14. The van der Waals surface area contributed by atoms with Crippen molar-refractivity contribution in [3.05, 3.63) is 54.0 Å². The Morgan fingerprint density at radius 3 is 2.64 bits per heavy atom. The third-order valence-corrected chi connectivity index (χ3v) is 6.27. The minimum atomic E-state index is -3.68. The van der Waals surface area contributed by atoms with E-state index in [1.807, 2.05) is 11.4 Å². The number of carbonyl (C=O) groups excluding carboxylic acids is 1. The van der Waals surface area contributed by atoms with Crippen molar-refractivity contribution in [2.75, 3.05) is 23.9 Å². The summed E-state index contributed by atoms with van der Waals surface area (Å²) in [5, 5.41) is 15.4. The molecular weight excluding hydrogens is 442 g/mol. The molecule has 3 heterocycles. The lowest BCUT2D eigenvalue weighted by molar-refractivity contribution is 0.0958. The molecule has 10 nitrogen and oxygen atoms in total. The van der Waals surface area contributed by atoms with Crippen LogP contribution >= 0.6 is 0 Å². The lowest BCUT2D eigenvalue weighted by Crippen LogP contribution is -2.22. The molecule has 0 aromatic carbocycles. The Morgan fingerprint density at radius 1 is 1.18 bits per heavy atom. The van der Waals surface area contributed by atoms with Crippen molar-refractivity contribution in [3.63, 3.8) is 0 Å². The minimum Gasteiger partial charge on any atom is -0.354 e. The second-order valence-corrected chi connectivity index (χ2v) is 9.46. The van der Waals surface area contributed by atoms with Gasteiger partial charge in [0.05, 0.1) is 11.1 Å². The molecule has 11 heteroatoms. The number of terminal acetylenes is 1. The standard InChI is InChI=1S/C22H21N7O3S/c1-4-22(9-10-22)14-7-8-17(25-13-14)27-18-12-15(19(29-28-18)21(30)23-2)26-20-16(33(3,31)32)6-5-11-24-20/h1,5-8,11-13H,9-10H2,2-3H3,(H,23,30)(H2,24,25,26,27,28)/i2D3. The van der Waals surface area contributed by atoms with Crippen molar-refractivity contribution in [2.45, 2.75) is 23.2 Å². The fraction of sp³-hybridized carbons (Fsp3) is 0.227. The molecule has 1 aliphatic carbocycles. The molecule has 0 spiro atoms. The average molecular weight is 467 g/mol. The summed E-state index contributed by atoms with van der Waals surface area (Å²) in [7, 11) is -3.68. The number of amides is 1. The highest BCUT2D eigenvalue weighted by Gasteiger charge is 2.42. The summed E-state index contributed by atoms with van der Waals surface area (Å²) in [6, 6.07) is 7.73.